The van der Waals surface area contributed by atoms with Crippen LogP contribution in [0.15, 0.2) is 27.7 Å². The van der Waals surface area contributed by atoms with Gasteiger partial charge in [0, 0.05) is 10.5 Å². The van der Waals surface area contributed by atoms with Gasteiger partial charge >= 0.3 is 0 Å². The maximum atomic E-state index is 8.51. The van der Waals surface area contributed by atoms with Crippen molar-refractivity contribution in [3.63, 3.8) is 0 Å². The summed E-state index contributed by atoms with van der Waals surface area (Å²) in [5, 5.41) is 11.6. The van der Waals surface area contributed by atoms with Gasteiger partial charge in [0.2, 0.25) is 0 Å². The number of nitrogens with one attached hydrogen (secondary N) is 1. The first-order chi connectivity index (χ1) is 7.69. The van der Waals surface area contributed by atoms with Crippen LogP contribution in [0.4, 0.5) is 5.69 Å². The first-order valence-electron chi connectivity index (χ1n) is 4.32. The molecule has 6 heteroatoms. The maximum Gasteiger partial charge on any atom is 0.183 e. The van der Waals surface area contributed by atoms with E-state index >= 15 is 0 Å². The molecule has 0 heterocycles. The van der Waals surface area contributed by atoms with E-state index in [0.29, 0.717) is 10.9 Å². The third-order valence-corrected chi connectivity index (χ3v) is 2.72. The molecule has 0 aromatic heterocycles. The van der Waals surface area contributed by atoms with Crippen LogP contribution in [0.5, 0.6) is 5.75 Å². The minimum atomic E-state index is 0.544. The predicted octanol–water partition coefficient (Wildman–Crippen LogP) is 2.88. The Kier molecular flexibility index (Phi) is 5.15. The van der Waals surface area contributed by atoms with Gasteiger partial charge in [-0.15, -0.1) is 0 Å². The fourth-order valence-electron chi connectivity index (χ4n) is 1.02. The zero-order valence-electron chi connectivity index (χ0n) is 8.82. The van der Waals surface area contributed by atoms with Gasteiger partial charge in [0.25, 0.3) is 0 Å². The molecule has 1 aromatic rings. The van der Waals surface area contributed by atoms with Gasteiger partial charge in [0.05, 0.1) is 12.8 Å². The number of aliphatic imine (C=N–C) groups is 1. The van der Waals surface area contributed by atoms with Gasteiger partial charge in [-0.05, 0) is 18.4 Å². The summed E-state index contributed by atoms with van der Waals surface area (Å²) in [4.78, 5) is 4.27. The molecule has 0 radical (unpaired) electrons. The van der Waals surface area contributed by atoms with Gasteiger partial charge in [-0.2, -0.15) is 5.26 Å². The molecule has 0 aliphatic heterocycles. The van der Waals surface area contributed by atoms with Gasteiger partial charge in [-0.25, -0.2) is 4.99 Å². The largest absolute Gasteiger partial charge is 0.497 e. The Balaban J connectivity index is 3.04. The van der Waals surface area contributed by atoms with Crippen molar-refractivity contribution in [2.75, 3.05) is 13.4 Å². The van der Waals surface area contributed by atoms with Gasteiger partial charge in [-0.1, -0.05) is 27.7 Å². The lowest BCUT2D eigenvalue weighted by Crippen LogP contribution is -2.12. The Labute approximate surface area is 107 Å². The molecule has 1 rings (SSSR count). The van der Waals surface area contributed by atoms with Crippen molar-refractivity contribution in [1.29, 1.82) is 5.26 Å². The summed E-state index contributed by atoms with van der Waals surface area (Å²) < 4.78 is 6.00. The number of nitrogens with zero attached hydrogens (tertiary/aromatic N) is 2. The smallest absolute Gasteiger partial charge is 0.183 e. The van der Waals surface area contributed by atoms with E-state index in [1.807, 2.05) is 24.6 Å². The van der Waals surface area contributed by atoms with Crippen molar-refractivity contribution in [3.05, 3.63) is 22.7 Å². The van der Waals surface area contributed by atoms with Crippen LogP contribution in [-0.4, -0.2) is 18.5 Å². The summed E-state index contributed by atoms with van der Waals surface area (Å²) in [6.45, 7) is 0. The summed E-state index contributed by atoms with van der Waals surface area (Å²) in [6, 6.07) is 5.48. The Morgan fingerprint density at radius 2 is 2.31 bits per heavy atom. The molecule has 0 fully saturated rings. The van der Waals surface area contributed by atoms with Crippen molar-refractivity contribution in [2.45, 2.75) is 0 Å². The lowest BCUT2D eigenvalue weighted by Gasteiger charge is -2.04. The number of benzene rings is 1. The standard InChI is InChI=1S/C10H10BrN3OS/c1-15-9-4-7(11)3-8(5-9)14-10(16-2)13-6-12/h3-5H,1-2H3,(H,13,14). The molecule has 1 N–H and O–H groups in total. The third-order valence-electron chi connectivity index (χ3n) is 1.68. The molecule has 0 amide bonds. The second-order valence-corrected chi connectivity index (χ2v) is 4.42. The molecule has 0 atom stereocenters. The molecule has 0 saturated carbocycles. The minimum Gasteiger partial charge on any atom is -0.497 e. The first-order valence-corrected chi connectivity index (χ1v) is 6.33. The van der Waals surface area contributed by atoms with Crippen LogP contribution in [0.25, 0.3) is 0 Å². The van der Waals surface area contributed by atoms with Crippen LogP contribution in [0.2, 0.25) is 0 Å². The van der Waals surface area contributed by atoms with Crippen molar-refractivity contribution in [3.8, 4) is 11.9 Å². The SMILES string of the molecule is COc1cc(Br)cc(N=C(NC#N)SC)c1. The second kappa shape index (κ2) is 6.40. The lowest BCUT2D eigenvalue weighted by atomic mass is 10.3. The first kappa shape index (κ1) is 12.9. The fraction of sp³-hybridized carbons (Fsp3) is 0.200. The van der Waals surface area contributed by atoms with Crippen molar-refractivity contribution >= 4 is 38.5 Å². The molecule has 0 aliphatic rings. The maximum absolute atomic E-state index is 8.51. The zero-order valence-corrected chi connectivity index (χ0v) is 11.2. The van der Waals surface area contributed by atoms with Gasteiger partial charge in [0.1, 0.15) is 5.75 Å². The number of hydrogen-bond donors (Lipinski definition) is 1. The number of halogens is 1. The van der Waals surface area contributed by atoms with Crippen LogP contribution in [-0.2, 0) is 0 Å². The van der Waals surface area contributed by atoms with E-state index in [9.17, 15) is 0 Å². The normalized spacial score (nSPS) is 10.8. The van der Waals surface area contributed by atoms with Crippen LogP contribution >= 0.6 is 27.7 Å². The summed E-state index contributed by atoms with van der Waals surface area (Å²) in [5.74, 6) is 0.713. The minimum absolute atomic E-state index is 0.544. The average Bonchev–Trinajstić information content (AvgIpc) is 2.27. The quantitative estimate of drug-likeness (QED) is 0.395. The molecular formula is C10H10BrN3OS. The summed E-state index contributed by atoms with van der Waals surface area (Å²) in [5.41, 5.74) is 0.721. The Morgan fingerprint density at radius 1 is 1.56 bits per heavy atom. The third kappa shape index (κ3) is 3.76. The number of amidine groups is 1. The highest BCUT2D eigenvalue weighted by Gasteiger charge is 2.00. The number of rotatable bonds is 2. The summed E-state index contributed by atoms with van der Waals surface area (Å²) >= 11 is 4.73. The number of thioether (sulfide) groups is 1. The molecule has 0 bridgehead atoms. The van der Waals surface area contributed by atoms with E-state index in [0.717, 1.165) is 10.2 Å². The molecule has 1 aromatic carbocycles. The molecular weight excluding hydrogens is 290 g/mol. The molecule has 4 nitrogen and oxygen atoms in total. The Morgan fingerprint density at radius 3 is 2.88 bits per heavy atom. The lowest BCUT2D eigenvalue weighted by molar-refractivity contribution is 0.414. The van der Waals surface area contributed by atoms with E-state index in [1.165, 1.54) is 11.8 Å². The average molecular weight is 300 g/mol. The summed E-state index contributed by atoms with van der Waals surface area (Å²) in [7, 11) is 1.60. The zero-order chi connectivity index (χ0) is 12.0. The number of nitriles is 1. The van der Waals surface area contributed by atoms with E-state index in [4.69, 9.17) is 10.00 Å². The van der Waals surface area contributed by atoms with E-state index < -0.39 is 0 Å². The Hall–Kier alpha value is -1.19. The molecule has 16 heavy (non-hydrogen) atoms. The van der Waals surface area contributed by atoms with Crippen molar-refractivity contribution in [1.82, 2.24) is 5.32 Å². The van der Waals surface area contributed by atoms with Crippen LogP contribution in [0.3, 0.4) is 0 Å². The van der Waals surface area contributed by atoms with Gasteiger partial charge in [-0.3, -0.25) is 5.32 Å². The predicted molar refractivity (Wildman–Crippen MR) is 70.1 cm³/mol. The number of hydrogen-bond acceptors (Lipinski definition) is 4. The van der Waals surface area contributed by atoms with Crippen LogP contribution in [0.1, 0.15) is 0 Å². The highest BCUT2D eigenvalue weighted by atomic mass is 79.9. The molecule has 84 valence electrons. The number of methoxy groups -OCH3 is 1. The van der Waals surface area contributed by atoms with E-state index in [2.05, 4.69) is 26.2 Å². The monoisotopic (exact) mass is 299 g/mol. The van der Waals surface area contributed by atoms with Gasteiger partial charge in [0.15, 0.2) is 11.4 Å². The van der Waals surface area contributed by atoms with Crippen LogP contribution < -0.4 is 10.1 Å². The molecule has 0 aliphatic carbocycles. The molecule has 0 unspecified atom stereocenters. The fourth-order valence-corrected chi connectivity index (χ4v) is 1.82. The highest BCUT2D eigenvalue weighted by Crippen LogP contribution is 2.26. The molecule has 0 saturated heterocycles. The van der Waals surface area contributed by atoms with Crippen LogP contribution in [0, 0.1) is 11.5 Å². The van der Waals surface area contributed by atoms with Crippen molar-refractivity contribution < 1.29 is 4.74 Å². The number of ether oxygens (including phenoxy) is 1. The van der Waals surface area contributed by atoms with E-state index in [-0.39, 0.29) is 0 Å². The molecule has 0 spiro atoms. The summed E-state index contributed by atoms with van der Waals surface area (Å²) in [6.07, 6.45) is 3.68. The second-order valence-electron chi connectivity index (χ2n) is 2.71. The Bertz CT molecular complexity index is 442. The highest BCUT2D eigenvalue weighted by molar-refractivity contribution is 9.10. The topological polar surface area (TPSA) is 57.4 Å². The van der Waals surface area contributed by atoms with Crippen molar-refractivity contribution in [2.24, 2.45) is 4.99 Å². The van der Waals surface area contributed by atoms with Gasteiger partial charge < -0.3 is 4.74 Å². The van der Waals surface area contributed by atoms with E-state index in [1.54, 1.807) is 13.2 Å².